The van der Waals surface area contributed by atoms with Gasteiger partial charge in [0.25, 0.3) is 5.56 Å². The third kappa shape index (κ3) is 5.48. The number of hydrogen-bond donors (Lipinski definition) is 1. The molecule has 0 bridgehead atoms. The van der Waals surface area contributed by atoms with Gasteiger partial charge < -0.3 is 9.72 Å². The normalized spacial score (nSPS) is 15.6. The molecule has 1 aromatic carbocycles. The second kappa shape index (κ2) is 9.70. The van der Waals surface area contributed by atoms with Crippen molar-refractivity contribution in [3.05, 3.63) is 51.1 Å². The molecule has 0 spiro atoms. The van der Waals surface area contributed by atoms with E-state index in [9.17, 15) is 4.79 Å². The predicted octanol–water partition coefficient (Wildman–Crippen LogP) is 2.22. The van der Waals surface area contributed by atoms with Crippen molar-refractivity contribution in [1.82, 2.24) is 35.0 Å². The van der Waals surface area contributed by atoms with Gasteiger partial charge in [0.2, 0.25) is 0 Å². The average Bonchev–Trinajstić information content (AvgIpc) is 3.25. The molecule has 9 nitrogen and oxygen atoms in total. The number of benzene rings is 1. The van der Waals surface area contributed by atoms with E-state index in [1.54, 1.807) is 0 Å². The van der Waals surface area contributed by atoms with E-state index in [0.717, 1.165) is 72.8 Å². The topological polar surface area (TPSA) is 92.2 Å². The van der Waals surface area contributed by atoms with Crippen molar-refractivity contribution in [2.24, 2.45) is 0 Å². The first-order valence-electron chi connectivity index (χ1n) is 11.6. The molecule has 3 heterocycles. The summed E-state index contributed by atoms with van der Waals surface area (Å²) in [6.45, 7) is 16.6. The molecular weight excluding hydrogens is 418 g/mol. The second-order valence-corrected chi connectivity index (χ2v) is 9.95. The first-order valence-corrected chi connectivity index (χ1v) is 11.6. The largest absolute Gasteiger partial charge is 0.379 e. The SMILES string of the molecule is Cc1ccc(C)c2[nH]c(=O)c(CN(CCN3CCOCC3)Cc3nnnn3C(C)(C)C)cc12. The summed E-state index contributed by atoms with van der Waals surface area (Å²) in [5.41, 5.74) is 3.65. The lowest BCUT2D eigenvalue weighted by atomic mass is 10.0. The van der Waals surface area contributed by atoms with Gasteiger partial charge in [0.1, 0.15) is 0 Å². The molecular formula is C24H35N7O2. The molecule has 0 atom stereocenters. The second-order valence-electron chi connectivity index (χ2n) is 9.95. The van der Waals surface area contributed by atoms with Crippen molar-refractivity contribution in [2.45, 2.75) is 53.2 Å². The van der Waals surface area contributed by atoms with Crippen LogP contribution in [-0.2, 0) is 23.4 Å². The lowest BCUT2D eigenvalue weighted by molar-refractivity contribution is 0.0321. The Morgan fingerprint density at radius 2 is 1.85 bits per heavy atom. The highest BCUT2D eigenvalue weighted by molar-refractivity contribution is 5.85. The monoisotopic (exact) mass is 453 g/mol. The van der Waals surface area contributed by atoms with E-state index < -0.39 is 0 Å². The van der Waals surface area contributed by atoms with Gasteiger partial charge in [0.15, 0.2) is 5.82 Å². The molecule has 9 heteroatoms. The van der Waals surface area contributed by atoms with Crippen molar-refractivity contribution in [2.75, 3.05) is 39.4 Å². The highest BCUT2D eigenvalue weighted by atomic mass is 16.5. The zero-order chi connectivity index (χ0) is 23.6. The van der Waals surface area contributed by atoms with Gasteiger partial charge in [0, 0.05) is 43.7 Å². The number of aryl methyl sites for hydroxylation is 2. The van der Waals surface area contributed by atoms with Crippen molar-refractivity contribution in [1.29, 1.82) is 0 Å². The van der Waals surface area contributed by atoms with Gasteiger partial charge in [-0.05, 0) is 62.2 Å². The molecule has 0 unspecified atom stereocenters. The number of fused-ring (bicyclic) bond motifs is 1. The Bertz CT molecular complexity index is 1160. The van der Waals surface area contributed by atoms with Gasteiger partial charge in [-0.3, -0.25) is 14.6 Å². The third-order valence-corrected chi connectivity index (χ3v) is 6.29. The molecule has 33 heavy (non-hydrogen) atoms. The molecule has 1 aliphatic rings. The zero-order valence-corrected chi connectivity index (χ0v) is 20.4. The van der Waals surface area contributed by atoms with Gasteiger partial charge in [-0.2, -0.15) is 0 Å². The quantitative estimate of drug-likeness (QED) is 0.586. The number of tetrazole rings is 1. The minimum absolute atomic E-state index is 0.0389. The Labute approximate surface area is 194 Å². The number of nitrogens with one attached hydrogen (secondary N) is 1. The van der Waals surface area contributed by atoms with Crippen LogP contribution in [0, 0.1) is 13.8 Å². The Balaban J connectivity index is 1.61. The van der Waals surface area contributed by atoms with Gasteiger partial charge in [0.05, 0.1) is 30.8 Å². The lowest BCUT2D eigenvalue weighted by Crippen LogP contribution is -2.42. The van der Waals surface area contributed by atoms with Gasteiger partial charge in [-0.25, -0.2) is 4.68 Å². The lowest BCUT2D eigenvalue weighted by Gasteiger charge is -2.30. The van der Waals surface area contributed by atoms with E-state index in [-0.39, 0.29) is 11.1 Å². The van der Waals surface area contributed by atoms with E-state index in [4.69, 9.17) is 4.74 Å². The number of aromatic amines is 1. The molecule has 0 amide bonds. The number of pyridine rings is 1. The van der Waals surface area contributed by atoms with E-state index in [1.165, 1.54) is 0 Å². The van der Waals surface area contributed by atoms with Gasteiger partial charge >= 0.3 is 0 Å². The maximum atomic E-state index is 13.0. The number of H-pyrrole nitrogens is 1. The van der Waals surface area contributed by atoms with Crippen LogP contribution < -0.4 is 5.56 Å². The Kier molecular flexibility index (Phi) is 6.92. The summed E-state index contributed by atoms with van der Waals surface area (Å²) in [6, 6.07) is 6.20. The maximum Gasteiger partial charge on any atom is 0.252 e. The van der Waals surface area contributed by atoms with Crippen LogP contribution in [0.4, 0.5) is 0 Å². The maximum absolute atomic E-state index is 13.0. The van der Waals surface area contributed by atoms with Crippen LogP contribution in [0.25, 0.3) is 10.9 Å². The van der Waals surface area contributed by atoms with Gasteiger partial charge in [-0.1, -0.05) is 12.1 Å². The Hall–Kier alpha value is -2.62. The molecule has 1 aliphatic heterocycles. The van der Waals surface area contributed by atoms with Crippen molar-refractivity contribution in [3.63, 3.8) is 0 Å². The molecule has 4 rings (SSSR count). The van der Waals surface area contributed by atoms with E-state index in [0.29, 0.717) is 13.1 Å². The first-order chi connectivity index (χ1) is 15.7. The Morgan fingerprint density at radius 1 is 1.12 bits per heavy atom. The summed E-state index contributed by atoms with van der Waals surface area (Å²) in [6.07, 6.45) is 0. The molecule has 1 fully saturated rings. The highest BCUT2D eigenvalue weighted by Crippen LogP contribution is 2.21. The number of ether oxygens (including phenoxy) is 1. The molecule has 0 aliphatic carbocycles. The molecule has 1 N–H and O–H groups in total. The molecule has 0 saturated carbocycles. The number of aromatic nitrogens is 5. The summed E-state index contributed by atoms with van der Waals surface area (Å²) in [7, 11) is 0. The average molecular weight is 454 g/mol. The van der Waals surface area contributed by atoms with Crippen LogP contribution in [0.5, 0.6) is 0 Å². The van der Waals surface area contributed by atoms with Crippen molar-refractivity contribution in [3.8, 4) is 0 Å². The molecule has 2 aromatic heterocycles. The third-order valence-electron chi connectivity index (χ3n) is 6.29. The highest BCUT2D eigenvalue weighted by Gasteiger charge is 2.23. The Morgan fingerprint density at radius 3 is 2.58 bits per heavy atom. The van der Waals surface area contributed by atoms with Crippen molar-refractivity contribution >= 4 is 10.9 Å². The molecule has 3 aromatic rings. The number of morpholine rings is 1. The van der Waals surface area contributed by atoms with E-state index >= 15 is 0 Å². The molecule has 1 saturated heterocycles. The standard InChI is InChI=1S/C24H35N7O2/c1-17-6-7-18(2)22-20(17)14-19(23(32)25-22)15-30(9-8-29-10-12-33-13-11-29)16-21-26-27-28-31(21)24(3,4)5/h6-7,14H,8-13,15-16H2,1-5H3,(H,25,32). The van der Waals surface area contributed by atoms with Crippen LogP contribution in [-0.4, -0.2) is 74.4 Å². The van der Waals surface area contributed by atoms with Crippen LogP contribution in [0.15, 0.2) is 23.0 Å². The minimum Gasteiger partial charge on any atom is -0.379 e. The van der Waals surface area contributed by atoms with Crippen LogP contribution >= 0.6 is 0 Å². The van der Waals surface area contributed by atoms with Gasteiger partial charge in [-0.15, -0.1) is 5.10 Å². The number of nitrogens with zero attached hydrogens (tertiary/aromatic N) is 6. The number of hydrogen-bond acceptors (Lipinski definition) is 7. The molecule has 0 radical (unpaired) electrons. The predicted molar refractivity (Wildman–Crippen MR) is 128 cm³/mol. The van der Waals surface area contributed by atoms with Crippen LogP contribution in [0.3, 0.4) is 0 Å². The number of rotatable bonds is 7. The molecule has 178 valence electrons. The summed E-state index contributed by atoms with van der Waals surface area (Å²) >= 11 is 0. The fourth-order valence-electron chi connectivity index (χ4n) is 4.32. The summed E-state index contributed by atoms with van der Waals surface area (Å²) in [5, 5.41) is 13.5. The van der Waals surface area contributed by atoms with Crippen molar-refractivity contribution < 1.29 is 4.74 Å². The summed E-state index contributed by atoms with van der Waals surface area (Å²) in [4.78, 5) is 20.8. The minimum atomic E-state index is -0.218. The zero-order valence-electron chi connectivity index (χ0n) is 20.4. The fourth-order valence-corrected chi connectivity index (χ4v) is 4.32. The fraction of sp³-hybridized carbons (Fsp3) is 0.583. The van der Waals surface area contributed by atoms with Crippen LogP contribution in [0.1, 0.15) is 43.3 Å². The first kappa shape index (κ1) is 23.5. The van der Waals surface area contributed by atoms with E-state index in [2.05, 4.69) is 64.1 Å². The van der Waals surface area contributed by atoms with Crippen LogP contribution in [0.2, 0.25) is 0 Å². The summed E-state index contributed by atoms with van der Waals surface area (Å²) < 4.78 is 7.36. The van der Waals surface area contributed by atoms with E-state index in [1.807, 2.05) is 23.7 Å². The smallest absolute Gasteiger partial charge is 0.252 e. The summed E-state index contributed by atoms with van der Waals surface area (Å²) in [5.74, 6) is 0.800.